The number of carbonyl (C=O) groups excluding carboxylic acids is 1. The summed E-state index contributed by atoms with van der Waals surface area (Å²) >= 11 is 11.9. The number of likely N-dealkylation sites (tertiary alicyclic amines) is 1. The number of carbonyl (C=O) groups is 1. The van der Waals surface area contributed by atoms with Crippen LogP contribution in [0.25, 0.3) is 0 Å². The highest BCUT2D eigenvalue weighted by Gasteiger charge is 2.30. The zero-order chi connectivity index (χ0) is 20.6. The number of amides is 1. The summed E-state index contributed by atoms with van der Waals surface area (Å²) in [5, 5.41) is 7.05. The number of nitrogens with one attached hydrogen (secondary N) is 2. The quantitative estimate of drug-likeness (QED) is 0.401. The second kappa shape index (κ2) is 11.0. The molecule has 2 heterocycles. The van der Waals surface area contributed by atoms with Crippen molar-refractivity contribution in [3.05, 3.63) is 33.8 Å². The molecule has 0 aromatic heterocycles. The molecule has 7 nitrogen and oxygen atoms in total. The van der Waals surface area contributed by atoms with E-state index in [1.54, 1.807) is 18.2 Å². The Balaban J connectivity index is 1.49. The topological polar surface area (TPSA) is 69.2 Å². The minimum atomic E-state index is -0.183. The van der Waals surface area contributed by atoms with Crippen LogP contribution < -0.4 is 10.6 Å². The zero-order valence-electron chi connectivity index (χ0n) is 16.8. The third kappa shape index (κ3) is 6.22. The van der Waals surface area contributed by atoms with Gasteiger partial charge in [-0.15, -0.1) is 0 Å². The first-order valence-electron chi connectivity index (χ1n) is 10.2. The van der Waals surface area contributed by atoms with Gasteiger partial charge in [0, 0.05) is 50.9 Å². The van der Waals surface area contributed by atoms with Crippen molar-refractivity contribution in [2.75, 3.05) is 59.0 Å². The average molecular weight is 442 g/mol. The summed E-state index contributed by atoms with van der Waals surface area (Å²) in [5.74, 6) is 0.726. The second-order valence-electron chi connectivity index (χ2n) is 7.16. The number of hydrogen-bond donors (Lipinski definition) is 2. The Bertz CT molecular complexity index is 725. The molecular formula is C20H29Cl2N5O2. The lowest BCUT2D eigenvalue weighted by molar-refractivity contribution is 0.0195. The Hall–Kier alpha value is -1.54. The van der Waals surface area contributed by atoms with Crippen molar-refractivity contribution in [1.29, 1.82) is 0 Å². The molecule has 1 atom stereocenters. The molecule has 160 valence electrons. The van der Waals surface area contributed by atoms with Gasteiger partial charge in [0.05, 0.1) is 29.8 Å². The first-order valence-corrected chi connectivity index (χ1v) is 10.9. The van der Waals surface area contributed by atoms with Crippen molar-refractivity contribution in [1.82, 2.24) is 20.4 Å². The monoisotopic (exact) mass is 441 g/mol. The Morgan fingerprint density at radius 3 is 2.72 bits per heavy atom. The molecule has 9 heteroatoms. The number of hydrogen-bond acceptors (Lipinski definition) is 4. The molecule has 1 amide bonds. The molecule has 0 spiro atoms. The lowest BCUT2D eigenvalue weighted by Gasteiger charge is -2.32. The van der Waals surface area contributed by atoms with Crippen molar-refractivity contribution in [3.8, 4) is 0 Å². The van der Waals surface area contributed by atoms with Crippen LogP contribution in [-0.2, 0) is 4.74 Å². The first-order chi connectivity index (χ1) is 14.1. The van der Waals surface area contributed by atoms with E-state index in [1.807, 2.05) is 0 Å². The minimum Gasteiger partial charge on any atom is -0.379 e. The molecule has 0 bridgehead atoms. The number of halogens is 2. The average Bonchev–Trinajstić information content (AvgIpc) is 3.23. The van der Waals surface area contributed by atoms with E-state index in [9.17, 15) is 4.79 Å². The molecule has 0 saturated carbocycles. The third-order valence-corrected chi connectivity index (χ3v) is 5.94. The minimum absolute atomic E-state index is 0.183. The highest BCUT2D eigenvalue weighted by molar-refractivity contribution is 6.42. The van der Waals surface area contributed by atoms with Gasteiger partial charge in [-0.3, -0.25) is 14.7 Å². The van der Waals surface area contributed by atoms with Gasteiger partial charge in [-0.25, -0.2) is 0 Å². The highest BCUT2D eigenvalue weighted by atomic mass is 35.5. The first kappa shape index (κ1) is 22.2. The van der Waals surface area contributed by atoms with Crippen molar-refractivity contribution < 1.29 is 9.53 Å². The van der Waals surface area contributed by atoms with Gasteiger partial charge in [-0.05, 0) is 31.5 Å². The van der Waals surface area contributed by atoms with E-state index < -0.39 is 0 Å². The Morgan fingerprint density at radius 2 is 2.00 bits per heavy atom. The smallest absolute Gasteiger partial charge is 0.251 e. The molecule has 2 N–H and O–H groups in total. The summed E-state index contributed by atoms with van der Waals surface area (Å²) in [6.07, 6.45) is 1.14. The van der Waals surface area contributed by atoms with E-state index >= 15 is 0 Å². The lowest BCUT2D eigenvalue weighted by Crippen LogP contribution is -2.46. The Morgan fingerprint density at radius 1 is 1.21 bits per heavy atom. The molecule has 0 radical (unpaired) electrons. The van der Waals surface area contributed by atoms with Crippen LogP contribution in [0.4, 0.5) is 0 Å². The van der Waals surface area contributed by atoms with Crippen LogP contribution in [0.15, 0.2) is 23.2 Å². The fourth-order valence-corrected chi connectivity index (χ4v) is 3.97. The molecule has 2 aliphatic rings. The Kier molecular flexibility index (Phi) is 8.41. The van der Waals surface area contributed by atoms with E-state index in [0.717, 1.165) is 58.3 Å². The number of rotatable bonds is 6. The maximum atomic E-state index is 12.2. The maximum Gasteiger partial charge on any atom is 0.251 e. The normalized spacial score (nSPS) is 20.7. The summed E-state index contributed by atoms with van der Waals surface area (Å²) < 4.78 is 5.46. The van der Waals surface area contributed by atoms with Crippen molar-refractivity contribution >= 4 is 35.1 Å². The molecule has 2 fully saturated rings. The summed E-state index contributed by atoms with van der Waals surface area (Å²) in [7, 11) is 0. The molecule has 29 heavy (non-hydrogen) atoms. The molecule has 1 aromatic rings. The number of guanidine groups is 1. The maximum absolute atomic E-state index is 12.2. The summed E-state index contributed by atoms with van der Waals surface area (Å²) in [6.45, 7) is 9.46. The number of benzene rings is 1. The fraction of sp³-hybridized carbons (Fsp3) is 0.600. The number of morpholine rings is 1. The Labute approximate surface area is 182 Å². The van der Waals surface area contributed by atoms with Gasteiger partial charge in [0.15, 0.2) is 5.96 Å². The van der Waals surface area contributed by atoms with Crippen LogP contribution in [-0.4, -0.2) is 86.7 Å². The molecule has 3 rings (SSSR count). The standard InChI is InChI=1S/C20H29Cl2N5O2/c1-2-23-20(27-8-5-16(14-27)26-9-11-29-12-10-26)25-7-6-24-19(28)15-3-4-17(21)18(22)13-15/h3-4,13,16H,2,5-12,14H2,1H3,(H,23,25)(H,24,28). The largest absolute Gasteiger partial charge is 0.379 e. The van der Waals surface area contributed by atoms with Gasteiger partial charge in [0.2, 0.25) is 0 Å². The molecule has 2 saturated heterocycles. The van der Waals surface area contributed by atoms with Crippen LogP contribution in [0, 0.1) is 0 Å². The SMILES string of the molecule is CCNC(=NCCNC(=O)c1ccc(Cl)c(Cl)c1)N1CCC(N2CCOCC2)C1. The van der Waals surface area contributed by atoms with E-state index in [1.165, 1.54) is 0 Å². The summed E-state index contributed by atoms with van der Waals surface area (Å²) in [5.41, 5.74) is 0.489. The van der Waals surface area contributed by atoms with Crippen molar-refractivity contribution in [2.45, 2.75) is 19.4 Å². The van der Waals surface area contributed by atoms with Crippen LogP contribution in [0.5, 0.6) is 0 Å². The zero-order valence-corrected chi connectivity index (χ0v) is 18.3. The molecular weight excluding hydrogens is 413 g/mol. The second-order valence-corrected chi connectivity index (χ2v) is 7.97. The van der Waals surface area contributed by atoms with Gasteiger partial charge in [-0.1, -0.05) is 23.2 Å². The van der Waals surface area contributed by atoms with Crippen molar-refractivity contribution in [2.24, 2.45) is 4.99 Å². The van der Waals surface area contributed by atoms with E-state index in [-0.39, 0.29) is 5.91 Å². The van der Waals surface area contributed by atoms with E-state index in [0.29, 0.717) is 34.7 Å². The van der Waals surface area contributed by atoms with Gasteiger partial charge in [0.1, 0.15) is 0 Å². The predicted octanol–water partition coefficient (Wildman–Crippen LogP) is 2.10. The number of aliphatic imine (C=N–C) groups is 1. The fourth-order valence-electron chi connectivity index (χ4n) is 3.67. The molecule has 2 aliphatic heterocycles. The van der Waals surface area contributed by atoms with Gasteiger partial charge in [-0.2, -0.15) is 0 Å². The molecule has 0 aliphatic carbocycles. The lowest BCUT2D eigenvalue weighted by atomic mass is 10.2. The van der Waals surface area contributed by atoms with E-state index in [4.69, 9.17) is 32.9 Å². The number of ether oxygens (including phenoxy) is 1. The van der Waals surface area contributed by atoms with E-state index in [2.05, 4.69) is 27.4 Å². The van der Waals surface area contributed by atoms with Gasteiger partial charge >= 0.3 is 0 Å². The van der Waals surface area contributed by atoms with Gasteiger partial charge < -0.3 is 20.3 Å². The van der Waals surface area contributed by atoms with Crippen molar-refractivity contribution in [3.63, 3.8) is 0 Å². The van der Waals surface area contributed by atoms with Crippen LogP contribution in [0.2, 0.25) is 10.0 Å². The molecule has 1 aromatic carbocycles. The summed E-state index contributed by atoms with van der Waals surface area (Å²) in [4.78, 5) is 21.8. The summed E-state index contributed by atoms with van der Waals surface area (Å²) in [6, 6.07) is 5.41. The predicted molar refractivity (Wildman–Crippen MR) is 117 cm³/mol. The molecule has 1 unspecified atom stereocenters. The van der Waals surface area contributed by atoms with Crippen LogP contribution in [0.1, 0.15) is 23.7 Å². The van der Waals surface area contributed by atoms with Crippen LogP contribution >= 0.6 is 23.2 Å². The third-order valence-electron chi connectivity index (χ3n) is 5.20. The van der Waals surface area contributed by atoms with Gasteiger partial charge in [0.25, 0.3) is 5.91 Å². The number of nitrogens with zero attached hydrogens (tertiary/aromatic N) is 3. The van der Waals surface area contributed by atoms with Crippen LogP contribution in [0.3, 0.4) is 0 Å². The highest BCUT2D eigenvalue weighted by Crippen LogP contribution is 2.22.